The van der Waals surface area contributed by atoms with Crippen molar-refractivity contribution in [1.82, 2.24) is 4.90 Å². The summed E-state index contributed by atoms with van der Waals surface area (Å²) in [5, 5.41) is 10.9. The van der Waals surface area contributed by atoms with Crippen LogP contribution < -0.4 is 10.1 Å². The van der Waals surface area contributed by atoms with Gasteiger partial charge in [-0.15, -0.1) is 0 Å². The Morgan fingerprint density at radius 1 is 1.17 bits per heavy atom. The van der Waals surface area contributed by atoms with E-state index in [9.17, 15) is 19.2 Å². The number of aromatic carboxylic acids is 1. The van der Waals surface area contributed by atoms with Crippen molar-refractivity contribution < 1.29 is 29.0 Å². The smallest absolute Gasteiger partial charge is 0.335 e. The van der Waals surface area contributed by atoms with Crippen LogP contribution in [0.3, 0.4) is 0 Å². The molecule has 9 heteroatoms. The minimum Gasteiger partial charge on any atom is -0.497 e. The van der Waals surface area contributed by atoms with Crippen molar-refractivity contribution in [3.05, 3.63) is 64.6 Å². The van der Waals surface area contributed by atoms with Crippen LogP contribution in [0.1, 0.15) is 15.9 Å². The second-order valence-electron chi connectivity index (χ2n) is 5.98. The molecule has 0 aromatic heterocycles. The van der Waals surface area contributed by atoms with Crippen LogP contribution in [0, 0.1) is 0 Å². The van der Waals surface area contributed by atoms with Crippen LogP contribution in [0.5, 0.6) is 5.75 Å². The Hall–Kier alpha value is -3.59. The van der Waals surface area contributed by atoms with Crippen LogP contribution in [0.15, 0.2) is 53.4 Å². The van der Waals surface area contributed by atoms with Crippen molar-refractivity contribution in [2.75, 3.05) is 19.0 Å². The van der Waals surface area contributed by atoms with Crippen LogP contribution in [-0.2, 0) is 9.59 Å². The van der Waals surface area contributed by atoms with Crippen molar-refractivity contribution in [2.24, 2.45) is 0 Å². The van der Waals surface area contributed by atoms with E-state index in [1.165, 1.54) is 31.4 Å². The summed E-state index contributed by atoms with van der Waals surface area (Å²) in [6.07, 6.45) is 1.56. The lowest BCUT2D eigenvalue weighted by Crippen LogP contribution is -2.36. The Morgan fingerprint density at radius 3 is 2.66 bits per heavy atom. The molecule has 1 aliphatic heterocycles. The highest BCUT2D eigenvalue weighted by molar-refractivity contribution is 8.18. The van der Waals surface area contributed by atoms with E-state index in [-0.39, 0.29) is 16.2 Å². The molecule has 0 radical (unpaired) electrons. The van der Waals surface area contributed by atoms with Gasteiger partial charge in [0.2, 0.25) is 5.91 Å². The molecule has 0 spiro atoms. The van der Waals surface area contributed by atoms with Crippen LogP contribution in [0.25, 0.3) is 6.08 Å². The number of amides is 3. The maximum absolute atomic E-state index is 12.5. The Balaban J connectivity index is 1.69. The lowest BCUT2D eigenvalue weighted by atomic mass is 10.2. The Morgan fingerprint density at radius 2 is 1.93 bits per heavy atom. The van der Waals surface area contributed by atoms with Gasteiger partial charge in [-0.2, -0.15) is 0 Å². The van der Waals surface area contributed by atoms with Gasteiger partial charge in [-0.05, 0) is 53.7 Å². The molecular weight excluding hydrogens is 396 g/mol. The van der Waals surface area contributed by atoms with E-state index >= 15 is 0 Å². The number of imide groups is 1. The third kappa shape index (κ3) is 4.82. The standard InChI is InChI=1S/C20H16N2O6S/c1-28-15-7-2-4-12(8-15)9-16-18(24)22(20(27)29-16)11-17(23)21-14-6-3-5-13(10-14)19(25)26/h2-10H,11H2,1H3,(H,21,23)(H,25,26)/b16-9-. The van der Waals surface area contributed by atoms with Gasteiger partial charge in [0, 0.05) is 5.69 Å². The Kier molecular flexibility index (Phi) is 5.99. The molecule has 2 aromatic rings. The summed E-state index contributed by atoms with van der Waals surface area (Å²) >= 11 is 0.745. The topological polar surface area (TPSA) is 113 Å². The molecule has 1 saturated heterocycles. The van der Waals surface area contributed by atoms with E-state index in [2.05, 4.69) is 5.32 Å². The van der Waals surface area contributed by atoms with Crippen LogP contribution in [-0.4, -0.2) is 46.7 Å². The summed E-state index contributed by atoms with van der Waals surface area (Å²) in [4.78, 5) is 49.0. The zero-order valence-electron chi connectivity index (χ0n) is 15.2. The zero-order valence-corrected chi connectivity index (χ0v) is 16.1. The number of anilines is 1. The maximum Gasteiger partial charge on any atom is 0.335 e. The van der Waals surface area contributed by atoms with Gasteiger partial charge in [0.15, 0.2) is 0 Å². The fourth-order valence-corrected chi connectivity index (χ4v) is 3.43. The van der Waals surface area contributed by atoms with Crippen molar-refractivity contribution >= 4 is 46.5 Å². The average molecular weight is 412 g/mol. The molecule has 0 unspecified atom stereocenters. The van der Waals surface area contributed by atoms with Gasteiger partial charge in [0.1, 0.15) is 12.3 Å². The first-order chi connectivity index (χ1) is 13.9. The second kappa shape index (κ2) is 8.61. The molecule has 0 aliphatic carbocycles. The molecule has 0 bridgehead atoms. The number of carbonyl (C=O) groups is 4. The van der Waals surface area contributed by atoms with E-state index in [4.69, 9.17) is 9.84 Å². The van der Waals surface area contributed by atoms with Crippen LogP contribution in [0.4, 0.5) is 10.5 Å². The Labute approximate surface area is 170 Å². The summed E-state index contributed by atoms with van der Waals surface area (Å²) in [7, 11) is 1.53. The third-order valence-corrected chi connectivity index (χ3v) is 4.87. The lowest BCUT2D eigenvalue weighted by Gasteiger charge is -2.12. The van der Waals surface area contributed by atoms with Gasteiger partial charge in [0.05, 0.1) is 17.6 Å². The first-order valence-corrected chi connectivity index (χ1v) is 9.21. The summed E-state index contributed by atoms with van der Waals surface area (Å²) in [5.41, 5.74) is 0.953. The molecule has 29 heavy (non-hydrogen) atoms. The highest BCUT2D eigenvalue weighted by Crippen LogP contribution is 2.32. The SMILES string of the molecule is COc1cccc(/C=C2\SC(=O)N(CC(=O)Nc3cccc(C(=O)O)c3)C2=O)c1. The summed E-state index contributed by atoms with van der Waals surface area (Å²) < 4.78 is 5.13. The summed E-state index contributed by atoms with van der Waals surface area (Å²) in [6.45, 7) is -0.475. The number of methoxy groups -OCH3 is 1. The number of ether oxygens (including phenoxy) is 1. The van der Waals surface area contributed by atoms with Gasteiger partial charge in [-0.3, -0.25) is 19.3 Å². The fourth-order valence-electron chi connectivity index (χ4n) is 2.59. The molecule has 2 aromatic carbocycles. The molecule has 2 N–H and O–H groups in total. The molecule has 1 aliphatic rings. The molecule has 0 atom stereocenters. The minimum atomic E-state index is -1.13. The van der Waals surface area contributed by atoms with E-state index in [0.717, 1.165) is 16.7 Å². The van der Waals surface area contributed by atoms with E-state index in [1.807, 2.05) is 0 Å². The zero-order chi connectivity index (χ0) is 21.0. The largest absolute Gasteiger partial charge is 0.497 e. The number of hydrogen-bond acceptors (Lipinski definition) is 6. The van der Waals surface area contributed by atoms with Crippen molar-refractivity contribution in [2.45, 2.75) is 0 Å². The number of carbonyl (C=O) groups excluding carboxylic acids is 3. The Bertz CT molecular complexity index is 1030. The quantitative estimate of drug-likeness (QED) is 0.701. The molecule has 8 nitrogen and oxygen atoms in total. The predicted molar refractivity (Wildman–Crippen MR) is 108 cm³/mol. The number of carboxylic acid groups (broad SMARTS) is 1. The number of rotatable bonds is 6. The highest BCUT2D eigenvalue weighted by Gasteiger charge is 2.36. The molecule has 3 rings (SSSR count). The molecule has 0 saturated carbocycles. The van der Waals surface area contributed by atoms with Crippen molar-refractivity contribution in [3.8, 4) is 5.75 Å². The fraction of sp³-hybridized carbons (Fsp3) is 0.100. The van der Waals surface area contributed by atoms with Gasteiger partial charge in [-0.25, -0.2) is 4.79 Å². The molecular formula is C20H16N2O6S. The summed E-state index contributed by atoms with van der Waals surface area (Å²) in [5.74, 6) is -1.70. The number of hydrogen-bond donors (Lipinski definition) is 2. The minimum absolute atomic E-state index is 0.00943. The van der Waals surface area contributed by atoms with Gasteiger partial charge < -0.3 is 15.2 Å². The van der Waals surface area contributed by atoms with Gasteiger partial charge in [0.25, 0.3) is 11.1 Å². The maximum atomic E-state index is 12.5. The van der Waals surface area contributed by atoms with Crippen molar-refractivity contribution in [1.29, 1.82) is 0 Å². The van der Waals surface area contributed by atoms with E-state index < -0.39 is 29.6 Å². The molecule has 3 amide bonds. The molecule has 148 valence electrons. The first kappa shape index (κ1) is 20.2. The van der Waals surface area contributed by atoms with Crippen molar-refractivity contribution in [3.63, 3.8) is 0 Å². The summed E-state index contributed by atoms with van der Waals surface area (Å²) in [6, 6.07) is 12.7. The monoisotopic (exact) mass is 412 g/mol. The third-order valence-electron chi connectivity index (χ3n) is 3.96. The first-order valence-electron chi connectivity index (χ1n) is 8.40. The second-order valence-corrected chi connectivity index (χ2v) is 6.97. The van der Waals surface area contributed by atoms with Crippen LogP contribution in [0.2, 0.25) is 0 Å². The number of nitrogens with zero attached hydrogens (tertiary/aromatic N) is 1. The molecule has 1 heterocycles. The predicted octanol–water partition coefficient (Wildman–Crippen LogP) is 3.07. The number of carboxylic acids is 1. The number of benzene rings is 2. The van der Waals surface area contributed by atoms with E-state index in [1.54, 1.807) is 30.3 Å². The average Bonchev–Trinajstić information content (AvgIpc) is 2.95. The van der Waals surface area contributed by atoms with Gasteiger partial charge in [-0.1, -0.05) is 18.2 Å². The normalized spacial score (nSPS) is 14.9. The lowest BCUT2D eigenvalue weighted by molar-refractivity contribution is -0.127. The molecule has 1 fully saturated rings. The van der Waals surface area contributed by atoms with E-state index in [0.29, 0.717) is 11.3 Å². The number of nitrogens with one attached hydrogen (secondary N) is 1. The highest BCUT2D eigenvalue weighted by atomic mass is 32.2. The van der Waals surface area contributed by atoms with Crippen LogP contribution >= 0.6 is 11.8 Å². The number of thioether (sulfide) groups is 1. The van der Waals surface area contributed by atoms with Gasteiger partial charge >= 0.3 is 5.97 Å².